The number of aryl methyl sites for hydroxylation is 1. The molecule has 2 aromatic rings. The van der Waals surface area contributed by atoms with Crippen LogP contribution in [0.5, 0.6) is 0 Å². The number of aromatic nitrogens is 1. The van der Waals surface area contributed by atoms with Gasteiger partial charge in [0.2, 0.25) is 15.9 Å². The first-order chi connectivity index (χ1) is 13.9. The number of rotatable bonds is 6. The van der Waals surface area contributed by atoms with E-state index in [9.17, 15) is 13.2 Å². The lowest BCUT2D eigenvalue weighted by Gasteiger charge is -2.24. The van der Waals surface area contributed by atoms with E-state index in [-0.39, 0.29) is 16.8 Å². The van der Waals surface area contributed by atoms with Crippen molar-refractivity contribution in [2.24, 2.45) is 7.05 Å². The lowest BCUT2D eigenvalue weighted by atomic mass is 10.1. The van der Waals surface area contributed by atoms with E-state index in [1.807, 2.05) is 19.3 Å². The molecule has 2 aliphatic heterocycles. The van der Waals surface area contributed by atoms with Gasteiger partial charge in [0.15, 0.2) is 0 Å². The fourth-order valence-electron chi connectivity index (χ4n) is 4.37. The fourth-order valence-corrected chi connectivity index (χ4v) is 5.93. The predicted octanol–water partition coefficient (Wildman–Crippen LogP) is 2.59. The van der Waals surface area contributed by atoms with Crippen LogP contribution in [0.4, 0.5) is 5.69 Å². The first-order valence-electron chi connectivity index (χ1n) is 10.2. The van der Waals surface area contributed by atoms with Crippen molar-refractivity contribution in [3.05, 3.63) is 48.3 Å². The molecule has 1 N–H and O–H groups in total. The molecule has 0 bridgehead atoms. The van der Waals surface area contributed by atoms with E-state index in [0.717, 1.165) is 32.2 Å². The zero-order valence-corrected chi connectivity index (χ0v) is 17.6. The van der Waals surface area contributed by atoms with Crippen molar-refractivity contribution < 1.29 is 13.2 Å². The molecule has 2 fully saturated rings. The van der Waals surface area contributed by atoms with Gasteiger partial charge in [0.1, 0.15) is 0 Å². The van der Waals surface area contributed by atoms with Crippen molar-refractivity contribution in [2.75, 3.05) is 31.5 Å². The monoisotopic (exact) mass is 416 g/mol. The van der Waals surface area contributed by atoms with Crippen LogP contribution >= 0.6 is 0 Å². The fraction of sp³-hybridized carbons (Fsp3) is 0.476. The highest BCUT2D eigenvalue weighted by Crippen LogP contribution is 2.31. The summed E-state index contributed by atoms with van der Waals surface area (Å²) in [5.74, 6) is -0.123. The highest BCUT2D eigenvalue weighted by molar-refractivity contribution is 7.89. The summed E-state index contributed by atoms with van der Waals surface area (Å²) >= 11 is 0. The zero-order chi connectivity index (χ0) is 20.4. The van der Waals surface area contributed by atoms with Crippen molar-refractivity contribution in [3.63, 3.8) is 0 Å². The smallest absolute Gasteiger partial charge is 0.243 e. The van der Waals surface area contributed by atoms with Gasteiger partial charge in [0.25, 0.3) is 0 Å². The maximum atomic E-state index is 12.8. The van der Waals surface area contributed by atoms with E-state index >= 15 is 0 Å². The highest BCUT2D eigenvalue weighted by Gasteiger charge is 2.30. The molecule has 0 aliphatic carbocycles. The summed E-state index contributed by atoms with van der Waals surface area (Å²) in [5.41, 5.74) is 1.74. The van der Waals surface area contributed by atoms with Gasteiger partial charge in [0, 0.05) is 37.7 Å². The lowest BCUT2D eigenvalue weighted by molar-refractivity contribution is -0.117. The molecule has 1 aromatic heterocycles. The topological polar surface area (TPSA) is 74.6 Å². The second-order valence-electron chi connectivity index (χ2n) is 7.86. The average Bonchev–Trinajstić information content (AvgIpc) is 3.44. The summed E-state index contributed by atoms with van der Waals surface area (Å²) in [7, 11) is -1.47. The van der Waals surface area contributed by atoms with Crippen molar-refractivity contribution in [1.29, 1.82) is 0 Å². The van der Waals surface area contributed by atoms with Gasteiger partial charge in [-0.05, 0) is 62.6 Å². The number of anilines is 1. The van der Waals surface area contributed by atoms with Crippen LogP contribution in [0.1, 0.15) is 37.4 Å². The van der Waals surface area contributed by atoms with Crippen LogP contribution < -0.4 is 5.32 Å². The summed E-state index contributed by atoms with van der Waals surface area (Å²) in [6.45, 7) is 2.30. The molecule has 0 radical (unpaired) electrons. The number of nitrogens with zero attached hydrogens (tertiary/aromatic N) is 3. The molecule has 1 aromatic carbocycles. The number of carbonyl (C=O) groups excluding carboxylic acids is 1. The molecule has 4 rings (SSSR count). The van der Waals surface area contributed by atoms with E-state index in [1.54, 1.807) is 24.3 Å². The molecule has 8 heteroatoms. The molecule has 1 amide bonds. The second kappa shape index (κ2) is 8.30. The maximum Gasteiger partial charge on any atom is 0.243 e. The molecule has 29 heavy (non-hydrogen) atoms. The number of amides is 1. The Balaban J connectivity index is 1.43. The molecule has 3 heterocycles. The Kier molecular flexibility index (Phi) is 5.76. The predicted molar refractivity (Wildman–Crippen MR) is 112 cm³/mol. The number of sulfonamides is 1. The number of benzene rings is 1. The van der Waals surface area contributed by atoms with E-state index in [0.29, 0.717) is 25.3 Å². The SMILES string of the molecule is Cn1cccc1[C@H]1CCCN1CC(=O)Nc1cccc(S(=O)(=O)N2CCCC2)c1. The summed E-state index contributed by atoms with van der Waals surface area (Å²) in [6.07, 6.45) is 5.92. The van der Waals surface area contributed by atoms with Crippen molar-refractivity contribution in [3.8, 4) is 0 Å². The van der Waals surface area contributed by atoms with Gasteiger partial charge in [-0.25, -0.2) is 8.42 Å². The summed E-state index contributed by atoms with van der Waals surface area (Å²) in [6, 6.07) is 10.9. The minimum absolute atomic E-state index is 0.123. The molecule has 0 saturated carbocycles. The van der Waals surface area contributed by atoms with Crippen LogP contribution in [-0.2, 0) is 21.9 Å². The van der Waals surface area contributed by atoms with Gasteiger partial charge in [0.05, 0.1) is 17.5 Å². The minimum Gasteiger partial charge on any atom is -0.353 e. The van der Waals surface area contributed by atoms with Gasteiger partial charge >= 0.3 is 0 Å². The molecule has 0 spiro atoms. The van der Waals surface area contributed by atoms with Crippen molar-refractivity contribution in [2.45, 2.75) is 36.6 Å². The Hall–Kier alpha value is -2.16. The van der Waals surface area contributed by atoms with Crippen LogP contribution in [0.15, 0.2) is 47.5 Å². The molecule has 7 nitrogen and oxygen atoms in total. The van der Waals surface area contributed by atoms with Gasteiger partial charge in [-0.15, -0.1) is 0 Å². The van der Waals surface area contributed by atoms with E-state index in [4.69, 9.17) is 0 Å². The second-order valence-corrected chi connectivity index (χ2v) is 9.80. The molecule has 2 aliphatic rings. The van der Waals surface area contributed by atoms with E-state index < -0.39 is 10.0 Å². The number of carbonyl (C=O) groups is 1. The lowest BCUT2D eigenvalue weighted by Crippen LogP contribution is -2.33. The van der Waals surface area contributed by atoms with Gasteiger partial charge < -0.3 is 9.88 Å². The highest BCUT2D eigenvalue weighted by atomic mass is 32.2. The first-order valence-corrected chi connectivity index (χ1v) is 11.6. The molecule has 1 atom stereocenters. The molecule has 0 unspecified atom stereocenters. The summed E-state index contributed by atoms with van der Waals surface area (Å²) < 4.78 is 29.1. The van der Waals surface area contributed by atoms with E-state index in [1.165, 1.54) is 10.00 Å². The van der Waals surface area contributed by atoms with Crippen LogP contribution in [0.25, 0.3) is 0 Å². The Morgan fingerprint density at radius 3 is 2.62 bits per heavy atom. The van der Waals surface area contributed by atoms with Gasteiger partial charge in [-0.2, -0.15) is 4.31 Å². The van der Waals surface area contributed by atoms with Crippen LogP contribution in [-0.4, -0.2) is 54.3 Å². The van der Waals surface area contributed by atoms with Crippen molar-refractivity contribution >= 4 is 21.6 Å². The maximum absolute atomic E-state index is 12.8. The molecular weight excluding hydrogens is 388 g/mol. The van der Waals surface area contributed by atoms with Crippen molar-refractivity contribution in [1.82, 2.24) is 13.8 Å². The third-order valence-electron chi connectivity index (χ3n) is 5.86. The van der Waals surface area contributed by atoms with Crippen LogP contribution in [0, 0.1) is 0 Å². The Bertz CT molecular complexity index is 979. The third kappa shape index (κ3) is 4.24. The average molecular weight is 417 g/mol. The van der Waals surface area contributed by atoms with Crippen LogP contribution in [0.2, 0.25) is 0 Å². The summed E-state index contributed by atoms with van der Waals surface area (Å²) in [5, 5.41) is 2.88. The number of hydrogen-bond acceptors (Lipinski definition) is 4. The zero-order valence-electron chi connectivity index (χ0n) is 16.8. The third-order valence-corrected chi connectivity index (χ3v) is 7.75. The van der Waals surface area contributed by atoms with Crippen LogP contribution in [0.3, 0.4) is 0 Å². The standard InChI is InChI=1S/C21H28N4O3S/c1-23-11-5-9-19(23)20-10-6-12-24(20)16-21(26)22-17-7-4-8-18(15-17)29(27,28)25-13-2-3-14-25/h4-5,7-9,11,15,20H,2-3,6,10,12-14,16H2,1H3,(H,22,26)/t20-/m1/s1. The van der Waals surface area contributed by atoms with Gasteiger partial charge in [-0.3, -0.25) is 9.69 Å². The Labute approximate surface area is 172 Å². The molecular formula is C21H28N4O3S. The normalized spacial score (nSPS) is 20.9. The Morgan fingerprint density at radius 2 is 1.90 bits per heavy atom. The number of hydrogen-bond donors (Lipinski definition) is 1. The van der Waals surface area contributed by atoms with E-state index in [2.05, 4.69) is 20.9 Å². The number of nitrogens with one attached hydrogen (secondary N) is 1. The largest absolute Gasteiger partial charge is 0.353 e. The van der Waals surface area contributed by atoms with Gasteiger partial charge in [-0.1, -0.05) is 6.07 Å². The number of likely N-dealkylation sites (tertiary alicyclic amines) is 1. The first kappa shape index (κ1) is 20.1. The Morgan fingerprint density at radius 1 is 1.10 bits per heavy atom. The molecule has 2 saturated heterocycles. The summed E-state index contributed by atoms with van der Waals surface area (Å²) in [4.78, 5) is 15.1. The molecule has 156 valence electrons. The minimum atomic E-state index is -3.49. The quantitative estimate of drug-likeness (QED) is 0.785.